The summed E-state index contributed by atoms with van der Waals surface area (Å²) in [5, 5.41) is 23.0. The Hall–Kier alpha value is -1.65. The molecule has 9 nitrogen and oxygen atoms in total. The van der Waals surface area contributed by atoms with Crippen molar-refractivity contribution in [1.29, 1.82) is 0 Å². The molecular weight excluding hydrogens is 272 g/mol. The van der Waals surface area contributed by atoms with Crippen molar-refractivity contribution in [2.45, 2.75) is 18.2 Å². The number of aliphatic hydroxyl groups excluding tert-OH is 1. The van der Waals surface area contributed by atoms with Crippen LogP contribution in [0.15, 0.2) is 6.33 Å². The summed E-state index contributed by atoms with van der Waals surface area (Å²) >= 11 is 1.46. The van der Waals surface area contributed by atoms with E-state index in [-0.39, 0.29) is 35.2 Å². The molecule has 0 aliphatic rings. The second-order valence-electron chi connectivity index (χ2n) is 3.71. The van der Waals surface area contributed by atoms with Gasteiger partial charge in [-0.3, -0.25) is 10.1 Å². The van der Waals surface area contributed by atoms with Crippen molar-refractivity contribution in [3.8, 4) is 0 Å². The number of nitrogens with one attached hydrogen (secondary N) is 2. The summed E-state index contributed by atoms with van der Waals surface area (Å²) in [4.78, 5) is 18.0. The molecule has 0 bridgehead atoms. The van der Waals surface area contributed by atoms with E-state index in [0.29, 0.717) is 0 Å². The molecular formula is C9H16N6O3S. The predicted octanol–water partition coefficient (Wildman–Crippen LogP) is 0.195. The van der Waals surface area contributed by atoms with Crippen LogP contribution in [0.25, 0.3) is 0 Å². The van der Waals surface area contributed by atoms with Crippen molar-refractivity contribution in [2.24, 2.45) is 5.84 Å². The number of aromatic nitrogens is 2. The van der Waals surface area contributed by atoms with E-state index in [2.05, 4.69) is 20.7 Å². The van der Waals surface area contributed by atoms with E-state index in [0.717, 1.165) is 0 Å². The van der Waals surface area contributed by atoms with Crippen LogP contribution in [0.1, 0.15) is 6.92 Å². The van der Waals surface area contributed by atoms with Crippen LogP contribution < -0.4 is 16.6 Å². The summed E-state index contributed by atoms with van der Waals surface area (Å²) in [7, 11) is 0. The number of nitrogens with zero attached hydrogens (tertiary/aromatic N) is 3. The fourth-order valence-electron chi connectivity index (χ4n) is 1.51. The standard InChI is InChI=1S/C9H16N6O3S/c1-5(6(3-16)19-2)13-8-7(15(17)18)9(14-10)12-4-11-8/h4-6,16H,3,10H2,1-2H3,(H2,11,12,13,14). The highest BCUT2D eigenvalue weighted by Crippen LogP contribution is 2.29. The van der Waals surface area contributed by atoms with Crippen LogP contribution in [0.4, 0.5) is 17.3 Å². The molecule has 19 heavy (non-hydrogen) atoms. The monoisotopic (exact) mass is 288 g/mol. The predicted molar refractivity (Wildman–Crippen MR) is 74.0 cm³/mol. The highest BCUT2D eigenvalue weighted by atomic mass is 32.2. The molecule has 1 aromatic rings. The Morgan fingerprint density at radius 2 is 2.21 bits per heavy atom. The van der Waals surface area contributed by atoms with Crippen molar-refractivity contribution in [2.75, 3.05) is 23.6 Å². The zero-order valence-corrected chi connectivity index (χ0v) is 11.3. The van der Waals surface area contributed by atoms with Crippen LogP contribution in [0.3, 0.4) is 0 Å². The number of nitro groups is 1. The SMILES string of the molecule is CSC(CO)C(C)Nc1ncnc(NN)c1[N+](=O)[O-]. The summed E-state index contributed by atoms with van der Waals surface area (Å²) in [5.74, 6) is 5.18. The fraction of sp³-hybridized carbons (Fsp3) is 0.556. The smallest absolute Gasteiger partial charge is 0.354 e. The van der Waals surface area contributed by atoms with Gasteiger partial charge in [0.2, 0.25) is 11.6 Å². The van der Waals surface area contributed by atoms with Crippen LogP contribution in [0.5, 0.6) is 0 Å². The van der Waals surface area contributed by atoms with Crippen molar-refractivity contribution in [1.82, 2.24) is 9.97 Å². The summed E-state index contributed by atoms with van der Waals surface area (Å²) in [6.07, 6.45) is 3.02. The third-order valence-electron chi connectivity index (χ3n) is 2.55. The molecule has 10 heteroatoms. The van der Waals surface area contributed by atoms with Crippen LogP contribution in [0.2, 0.25) is 0 Å². The van der Waals surface area contributed by atoms with Gasteiger partial charge in [0.25, 0.3) is 0 Å². The van der Waals surface area contributed by atoms with Crippen molar-refractivity contribution in [3.63, 3.8) is 0 Å². The Balaban J connectivity index is 3.03. The summed E-state index contributed by atoms with van der Waals surface area (Å²) in [6.45, 7) is 1.76. The molecule has 1 aromatic heterocycles. The number of nitrogens with two attached hydrogens (primary N) is 1. The third kappa shape index (κ3) is 3.66. The molecule has 0 aromatic carbocycles. The van der Waals surface area contributed by atoms with Gasteiger partial charge in [0, 0.05) is 11.3 Å². The topological polar surface area (TPSA) is 139 Å². The lowest BCUT2D eigenvalue weighted by atomic mass is 10.2. The van der Waals surface area contributed by atoms with Gasteiger partial charge < -0.3 is 15.8 Å². The Morgan fingerprint density at radius 1 is 1.58 bits per heavy atom. The van der Waals surface area contributed by atoms with E-state index in [1.807, 2.05) is 6.26 Å². The number of hydrogen-bond acceptors (Lipinski definition) is 9. The van der Waals surface area contributed by atoms with Gasteiger partial charge in [0.05, 0.1) is 11.5 Å². The lowest BCUT2D eigenvalue weighted by Crippen LogP contribution is -2.31. The van der Waals surface area contributed by atoms with Crippen LogP contribution in [-0.2, 0) is 0 Å². The second kappa shape index (κ2) is 7.07. The highest BCUT2D eigenvalue weighted by Gasteiger charge is 2.25. The molecule has 0 aliphatic carbocycles. The minimum Gasteiger partial charge on any atom is -0.395 e. The average Bonchev–Trinajstić information content (AvgIpc) is 2.39. The van der Waals surface area contributed by atoms with Gasteiger partial charge in [-0.05, 0) is 13.2 Å². The Bertz CT molecular complexity index is 442. The van der Waals surface area contributed by atoms with Gasteiger partial charge in [0.15, 0.2) is 0 Å². The Kier molecular flexibility index (Phi) is 5.73. The van der Waals surface area contributed by atoms with Gasteiger partial charge in [-0.2, -0.15) is 11.8 Å². The second-order valence-corrected chi connectivity index (χ2v) is 4.79. The van der Waals surface area contributed by atoms with E-state index in [1.165, 1.54) is 18.1 Å². The molecule has 0 spiro atoms. The van der Waals surface area contributed by atoms with Gasteiger partial charge in [-0.15, -0.1) is 0 Å². The molecule has 0 saturated carbocycles. The molecule has 0 radical (unpaired) electrons. The number of hydrogen-bond donors (Lipinski definition) is 4. The summed E-state index contributed by atoms with van der Waals surface area (Å²) < 4.78 is 0. The van der Waals surface area contributed by atoms with E-state index >= 15 is 0 Å². The van der Waals surface area contributed by atoms with Gasteiger partial charge in [-0.1, -0.05) is 0 Å². The molecule has 2 atom stereocenters. The zero-order valence-electron chi connectivity index (χ0n) is 10.5. The molecule has 0 fully saturated rings. The maximum absolute atomic E-state index is 11.0. The third-order valence-corrected chi connectivity index (χ3v) is 3.71. The minimum atomic E-state index is -0.614. The molecule has 0 amide bonds. The molecule has 1 rings (SSSR count). The number of aliphatic hydroxyl groups is 1. The summed E-state index contributed by atoms with van der Waals surface area (Å²) in [5.41, 5.74) is 1.84. The normalized spacial score (nSPS) is 13.7. The number of anilines is 2. The number of thioether (sulfide) groups is 1. The maximum Gasteiger partial charge on any atom is 0.354 e. The first kappa shape index (κ1) is 15.4. The van der Waals surface area contributed by atoms with Crippen LogP contribution in [0, 0.1) is 10.1 Å². The number of rotatable bonds is 7. The molecule has 106 valence electrons. The number of nitrogen functional groups attached to an aromatic ring is 1. The lowest BCUT2D eigenvalue weighted by molar-refractivity contribution is -0.383. The lowest BCUT2D eigenvalue weighted by Gasteiger charge is -2.21. The number of hydrazine groups is 1. The Morgan fingerprint density at radius 3 is 2.68 bits per heavy atom. The molecule has 1 heterocycles. The van der Waals surface area contributed by atoms with Crippen molar-refractivity contribution >= 4 is 29.1 Å². The first-order valence-corrected chi connectivity index (χ1v) is 6.70. The Labute approximate surface area is 114 Å². The van der Waals surface area contributed by atoms with E-state index in [9.17, 15) is 15.2 Å². The molecule has 0 saturated heterocycles. The van der Waals surface area contributed by atoms with Gasteiger partial charge in [-0.25, -0.2) is 15.8 Å². The van der Waals surface area contributed by atoms with Crippen LogP contribution in [-0.4, -0.2) is 44.2 Å². The van der Waals surface area contributed by atoms with E-state index < -0.39 is 4.92 Å². The van der Waals surface area contributed by atoms with Gasteiger partial charge in [0.1, 0.15) is 6.33 Å². The van der Waals surface area contributed by atoms with Crippen molar-refractivity contribution < 1.29 is 10.0 Å². The first-order valence-electron chi connectivity index (χ1n) is 5.41. The zero-order chi connectivity index (χ0) is 14.4. The van der Waals surface area contributed by atoms with Crippen LogP contribution >= 0.6 is 11.8 Å². The molecule has 0 aliphatic heterocycles. The summed E-state index contributed by atoms with van der Waals surface area (Å²) in [6, 6.07) is -0.209. The highest BCUT2D eigenvalue weighted by molar-refractivity contribution is 7.99. The van der Waals surface area contributed by atoms with E-state index in [4.69, 9.17) is 5.84 Å². The van der Waals surface area contributed by atoms with Gasteiger partial charge >= 0.3 is 5.69 Å². The maximum atomic E-state index is 11.0. The molecule has 5 N–H and O–H groups in total. The minimum absolute atomic E-state index is 0.0454. The van der Waals surface area contributed by atoms with Crippen molar-refractivity contribution in [3.05, 3.63) is 16.4 Å². The molecule has 2 unspecified atom stereocenters. The largest absolute Gasteiger partial charge is 0.395 e. The fourth-order valence-corrected chi connectivity index (χ4v) is 2.13. The first-order chi connectivity index (χ1) is 9.04. The quantitative estimate of drug-likeness (QED) is 0.314. The van der Waals surface area contributed by atoms with E-state index in [1.54, 1.807) is 6.92 Å². The average molecular weight is 288 g/mol.